The summed E-state index contributed by atoms with van der Waals surface area (Å²) in [6, 6.07) is 6.75. The van der Waals surface area contributed by atoms with Crippen LogP contribution < -0.4 is 5.32 Å². The summed E-state index contributed by atoms with van der Waals surface area (Å²) in [5.41, 5.74) is 0.881. The molecule has 0 bridgehead atoms. The van der Waals surface area contributed by atoms with Gasteiger partial charge in [-0.25, -0.2) is 4.79 Å². The Hall–Kier alpha value is -2.68. The van der Waals surface area contributed by atoms with Crippen LogP contribution >= 0.6 is 11.8 Å². The van der Waals surface area contributed by atoms with Gasteiger partial charge in [-0.3, -0.25) is 9.59 Å². The number of thioether (sulfide) groups is 1. The number of esters is 1. The Balaban J connectivity index is 2.08. The molecular formula is C15H15N3O5S. The molecule has 8 nitrogen and oxygen atoms in total. The second-order valence-corrected chi connectivity index (χ2v) is 5.84. The highest BCUT2D eigenvalue weighted by atomic mass is 32.2. The summed E-state index contributed by atoms with van der Waals surface area (Å²) in [6.45, 7) is 1.98. The van der Waals surface area contributed by atoms with E-state index in [1.54, 1.807) is 31.2 Å². The third-order valence-electron chi connectivity index (χ3n) is 2.94. The van der Waals surface area contributed by atoms with Gasteiger partial charge < -0.3 is 15.2 Å². The second-order valence-electron chi connectivity index (χ2n) is 4.65. The van der Waals surface area contributed by atoms with Crippen molar-refractivity contribution in [2.45, 2.75) is 18.6 Å². The molecule has 1 aliphatic heterocycles. The van der Waals surface area contributed by atoms with Gasteiger partial charge in [0.15, 0.2) is 5.17 Å². The van der Waals surface area contributed by atoms with Gasteiger partial charge in [0.1, 0.15) is 5.25 Å². The quantitative estimate of drug-likeness (QED) is 0.453. The lowest BCUT2D eigenvalue weighted by atomic mass is 10.1. The van der Waals surface area contributed by atoms with E-state index in [1.807, 2.05) is 0 Å². The van der Waals surface area contributed by atoms with Crippen LogP contribution in [0, 0.1) is 0 Å². The van der Waals surface area contributed by atoms with E-state index >= 15 is 0 Å². The summed E-state index contributed by atoms with van der Waals surface area (Å²) in [6.07, 6.45) is 1.08. The van der Waals surface area contributed by atoms with Crippen molar-refractivity contribution in [2.75, 3.05) is 6.61 Å². The van der Waals surface area contributed by atoms with E-state index in [2.05, 4.69) is 15.5 Å². The summed E-state index contributed by atoms with van der Waals surface area (Å²) in [5, 5.41) is 18.4. The molecule has 126 valence electrons. The van der Waals surface area contributed by atoms with Gasteiger partial charge >= 0.3 is 11.9 Å². The van der Waals surface area contributed by atoms with E-state index in [-0.39, 0.29) is 18.2 Å². The van der Waals surface area contributed by atoms with E-state index in [9.17, 15) is 14.4 Å². The van der Waals surface area contributed by atoms with Crippen molar-refractivity contribution in [3.8, 4) is 0 Å². The van der Waals surface area contributed by atoms with Crippen LogP contribution in [0.5, 0.6) is 0 Å². The molecule has 2 N–H and O–H groups in total. The molecule has 0 spiro atoms. The van der Waals surface area contributed by atoms with Gasteiger partial charge in [-0.15, -0.1) is 5.10 Å². The van der Waals surface area contributed by atoms with Crippen LogP contribution in [-0.4, -0.2) is 46.2 Å². The number of nitrogens with zero attached hydrogens (tertiary/aromatic N) is 2. The van der Waals surface area contributed by atoms with Gasteiger partial charge in [0.05, 0.1) is 24.8 Å². The minimum absolute atomic E-state index is 0.219. The number of rotatable bonds is 6. The Morgan fingerprint density at radius 2 is 2.17 bits per heavy atom. The van der Waals surface area contributed by atoms with Gasteiger partial charge in [0.25, 0.3) is 0 Å². The molecule has 0 saturated carbocycles. The van der Waals surface area contributed by atoms with Gasteiger partial charge in [0, 0.05) is 5.56 Å². The van der Waals surface area contributed by atoms with E-state index in [1.165, 1.54) is 6.21 Å². The monoisotopic (exact) mass is 349 g/mol. The zero-order valence-electron chi connectivity index (χ0n) is 12.8. The van der Waals surface area contributed by atoms with Crippen LogP contribution in [0.2, 0.25) is 0 Å². The van der Waals surface area contributed by atoms with Crippen LogP contribution in [0.1, 0.15) is 29.3 Å². The fourth-order valence-corrected chi connectivity index (χ4v) is 2.81. The Bertz CT molecular complexity index is 717. The topological polar surface area (TPSA) is 117 Å². The summed E-state index contributed by atoms with van der Waals surface area (Å²) in [5.74, 6) is -1.93. The minimum atomic E-state index is -1.06. The van der Waals surface area contributed by atoms with Gasteiger partial charge in [-0.1, -0.05) is 30.0 Å². The lowest BCUT2D eigenvalue weighted by Crippen LogP contribution is -2.26. The summed E-state index contributed by atoms with van der Waals surface area (Å²) >= 11 is 1.00. The first-order valence-electron chi connectivity index (χ1n) is 7.07. The lowest BCUT2D eigenvalue weighted by molar-refractivity contribution is -0.138. The average Bonchev–Trinajstić information content (AvgIpc) is 2.87. The number of carbonyl (C=O) groups is 3. The number of amides is 1. The van der Waals surface area contributed by atoms with E-state index < -0.39 is 23.1 Å². The van der Waals surface area contributed by atoms with Crippen molar-refractivity contribution in [3.05, 3.63) is 35.4 Å². The molecule has 2 rings (SSSR count). The highest BCUT2D eigenvalue weighted by molar-refractivity contribution is 8.15. The number of carboxylic acid groups (broad SMARTS) is 1. The molecule has 1 heterocycles. The van der Waals surface area contributed by atoms with E-state index in [4.69, 9.17) is 9.84 Å². The maximum Gasteiger partial charge on any atom is 0.338 e. The molecule has 1 aromatic rings. The van der Waals surface area contributed by atoms with Crippen LogP contribution in [-0.2, 0) is 14.3 Å². The predicted octanol–water partition coefficient (Wildman–Crippen LogP) is 1.26. The highest BCUT2D eigenvalue weighted by Gasteiger charge is 2.32. The molecule has 1 saturated heterocycles. The number of carbonyl (C=O) groups excluding carboxylic acids is 2. The molecule has 0 aromatic heterocycles. The van der Waals surface area contributed by atoms with Crippen molar-refractivity contribution in [1.82, 2.24) is 5.32 Å². The maximum absolute atomic E-state index is 11.8. The molecule has 0 aliphatic carbocycles. The van der Waals surface area contributed by atoms with E-state index in [0.717, 1.165) is 11.8 Å². The van der Waals surface area contributed by atoms with Gasteiger partial charge in [0.2, 0.25) is 5.91 Å². The molecule has 1 aliphatic rings. The minimum Gasteiger partial charge on any atom is -0.481 e. The van der Waals surface area contributed by atoms with Crippen LogP contribution in [0.3, 0.4) is 0 Å². The number of nitrogens with one attached hydrogen (secondary N) is 1. The first-order chi connectivity index (χ1) is 11.5. The van der Waals surface area contributed by atoms with Crippen molar-refractivity contribution in [2.24, 2.45) is 10.2 Å². The summed E-state index contributed by atoms with van der Waals surface area (Å²) in [7, 11) is 0. The molecule has 1 atom stereocenters. The molecule has 9 heteroatoms. The van der Waals surface area contributed by atoms with Crippen LogP contribution in [0.25, 0.3) is 0 Å². The highest BCUT2D eigenvalue weighted by Crippen LogP contribution is 2.22. The van der Waals surface area contributed by atoms with Crippen molar-refractivity contribution in [3.63, 3.8) is 0 Å². The summed E-state index contributed by atoms with van der Waals surface area (Å²) < 4.78 is 4.96. The predicted molar refractivity (Wildman–Crippen MR) is 89.2 cm³/mol. The average molecular weight is 349 g/mol. The van der Waals surface area contributed by atoms with Gasteiger partial charge in [-0.2, -0.15) is 5.10 Å². The lowest BCUT2D eigenvalue weighted by Gasteiger charge is -2.04. The number of carboxylic acids is 1. The number of benzene rings is 1. The Kier molecular flexibility index (Phi) is 6.07. The van der Waals surface area contributed by atoms with Crippen LogP contribution in [0.4, 0.5) is 0 Å². The Morgan fingerprint density at radius 3 is 2.88 bits per heavy atom. The number of ether oxygens (including phenoxy) is 1. The molecule has 1 amide bonds. The second kappa shape index (κ2) is 8.25. The standard InChI is InChI=1S/C15H15N3O5S/c1-2-23-14(22)10-6-4-3-5-9(10)8-16-18-15-17-13(21)11(24-15)7-12(19)20/h3-6,8,11H,2,7H2,1H3,(H,19,20)(H,17,18,21). The SMILES string of the molecule is CCOC(=O)c1ccccc1C=NN=C1NC(=O)C(CC(=O)O)S1. The molecule has 0 radical (unpaired) electrons. The van der Waals surface area contributed by atoms with Crippen molar-refractivity contribution in [1.29, 1.82) is 0 Å². The fraction of sp³-hybridized carbons (Fsp3) is 0.267. The third-order valence-corrected chi connectivity index (χ3v) is 4.01. The smallest absolute Gasteiger partial charge is 0.338 e. The molecular weight excluding hydrogens is 334 g/mol. The largest absolute Gasteiger partial charge is 0.481 e. The number of hydrogen-bond donors (Lipinski definition) is 2. The first kappa shape index (κ1) is 17.7. The number of hydrogen-bond acceptors (Lipinski definition) is 7. The fourth-order valence-electron chi connectivity index (χ4n) is 1.89. The van der Waals surface area contributed by atoms with Crippen LogP contribution in [0.15, 0.2) is 34.5 Å². The number of aliphatic carboxylic acids is 1. The maximum atomic E-state index is 11.8. The molecule has 1 aromatic carbocycles. The molecule has 24 heavy (non-hydrogen) atoms. The first-order valence-corrected chi connectivity index (χ1v) is 7.95. The zero-order valence-corrected chi connectivity index (χ0v) is 13.6. The summed E-state index contributed by atoms with van der Waals surface area (Å²) in [4.78, 5) is 34.1. The van der Waals surface area contributed by atoms with Crippen molar-refractivity contribution >= 4 is 41.0 Å². The molecule has 1 fully saturated rings. The van der Waals surface area contributed by atoms with Gasteiger partial charge in [-0.05, 0) is 13.0 Å². The van der Waals surface area contributed by atoms with Crippen molar-refractivity contribution < 1.29 is 24.2 Å². The third kappa shape index (κ3) is 4.66. The Morgan fingerprint density at radius 1 is 1.42 bits per heavy atom. The molecule has 1 unspecified atom stereocenters. The zero-order chi connectivity index (χ0) is 17.5. The van der Waals surface area contributed by atoms with E-state index in [0.29, 0.717) is 11.1 Å². The normalized spacial score (nSPS) is 18.8. The number of amidine groups is 1. The Labute approximate surface area is 142 Å².